The van der Waals surface area contributed by atoms with Crippen molar-refractivity contribution in [2.45, 2.75) is 25.9 Å². The van der Waals surface area contributed by atoms with Crippen molar-refractivity contribution in [3.8, 4) is 0 Å². The predicted octanol–water partition coefficient (Wildman–Crippen LogP) is 3.53. The van der Waals surface area contributed by atoms with Gasteiger partial charge in [-0.25, -0.2) is 4.68 Å². The van der Waals surface area contributed by atoms with Crippen LogP contribution >= 0.6 is 0 Å². The predicted molar refractivity (Wildman–Crippen MR) is 135 cm³/mol. The summed E-state index contributed by atoms with van der Waals surface area (Å²) in [6.07, 6.45) is 0.707. The van der Waals surface area contributed by atoms with E-state index in [1.165, 1.54) is 0 Å². The molecule has 0 radical (unpaired) electrons. The van der Waals surface area contributed by atoms with Gasteiger partial charge in [-0.3, -0.25) is 14.5 Å². The third kappa shape index (κ3) is 5.38. The van der Waals surface area contributed by atoms with Gasteiger partial charge < -0.3 is 10.1 Å². The van der Waals surface area contributed by atoms with Gasteiger partial charge in [0, 0.05) is 19.3 Å². The second-order valence-electron chi connectivity index (χ2n) is 8.08. The van der Waals surface area contributed by atoms with Crippen LogP contribution in [0.15, 0.2) is 78.9 Å². The maximum Gasteiger partial charge on any atom is 0.249 e. The smallest absolute Gasteiger partial charge is 0.249 e. The molecule has 4 rings (SSSR count). The van der Waals surface area contributed by atoms with Gasteiger partial charge in [-0.2, -0.15) is 0 Å². The average Bonchev–Trinajstić information content (AvgIpc) is 3.30. The molecule has 0 bridgehead atoms. The van der Waals surface area contributed by atoms with Crippen LogP contribution in [0.2, 0.25) is 0 Å². The molecule has 8 nitrogen and oxygen atoms in total. The molecule has 1 heterocycles. The summed E-state index contributed by atoms with van der Waals surface area (Å²) in [6.45, 7) is 2.68. The van der Waals surface area contributed by atoms with Crippen LogP contribution in [-0.4, -0.2) is 47.1 Å². The van der Waals surface area contributed by atoms with Crippen LogP contribution in [0.5, 0.6) is 0 Å². The van der Waals surface area contributed by atoms with Crippen LogP contribution in [0.25, 0.3) is 11.0 Å². The zero-order valence-corrected chi connectivity index (χ0v) is 19.9. The van der Waals surface area contributed by atoms with Gasteiger partial charge in [0.2, 0.25) is 11.8 Å². The highest BCUT2D eigenvalue weighted by atomic mass is 16.5. The van der Waals surface area contributed by atoms with E-state index < -0.39 is 6.04 Å². The monoisotopic (exact) mass is 471 g/mol. The van der Waals surface area contributed by atoms with Crippen molar-refractivity contribution in [3.05, 3.63) is 90.0 Å². The molecule has 4 aromatic rings. The van der Waals surface area contributed by atoms with Gasteiger partial charge >= 0.3 is 0 Å². The minimum absolute atomic E-state index is 0.0623. The third-order valence-electron chi connectivity index (χ3n) is 5.83. The van der Waals surface area contributed by atoms with E-state index >= 15 is 0 Å². The summed E-state index contributed by atoms with van der Waals surface area (Å²) >= 11 is 0. The number of benzene rings is 3. The van der Waals surface area contributed by atoms with Crippen molar-refractivity contribution >= 4 is 28.5 Å². The summed E-state index contributed by atoms with van der Waals surface area (Å²) < 4.78 is 6.68. The number of hydrogen-bond acceptors (Lipinski definition) is 5. The molecule has 8 heteroatoms. The topological polar surface area (TPSA) is 89.4 Å². The SMILES string of the molecule is CCc1ccccc1N(C(=O)Cn1nnc2ccccc21)[C@@H](C(=O)NCCOC)c1ccccc1. The number of aromatic nitrogens is 3. The molecule has 1 atom stereocenters. The van der Waals surface area contributed by atoms with E-state index in [0.29, 0.717) is 36.3 Å². The van der Waals surface area contributed by atoms with Crippen LogP contribution in [0, 0.1) is 0 Å². The van der Waals surface area contributed by atoms with Crippen molar-refractivity contribution in [1.29, 1.82) is 0 Å². The minimum atomic E-state index is -0.872. The number of methoxy groups -OCH3 is 1. The third-order valence-corrected chi connectivity index (χ3v) is 5.83. The van der Waals surface area contributed by atoms with Crippen molar-refractivity contribution < 1.29 is 14.3 Å². The summed E-state index contributed by atoms with van der Waals surface area (Å²) in [5.41, 5.74) is 3.84. The molecule has 1 N–H and O–H groups in total. The summed E-state index contributed by atoms with van der Waals surface area (Å²) in [6, 6.07) is 23.6. The Bertz CT molecular complexity index is 1290. The van der Waals surface area contributed by atoms with Crippen molar-refractivity contribution in [2.75, 3.05) is 25.2 Å². The number of hydrogen-bond donors (Lipinski definition) is 1. The molecule has 2 amide bonds. The quantitative estimate of drug-likeness (QED) is 0.358. The average molecular weight is 472 g/mol. The lowest BCUT2D eigenvalue weighted by atomic mass is 10.0. The standard InChI is InChI=1S/C27H29N5O3/c1-3-20-11-7-9-15-23(20)32(25(33)19-31-24-16-10-8-14-22(24)29-30-31)26(21-12-5-4-6-13-21)27(34)28-17-18-35-2/h4-16,26H,3,17-19H2,1-2H3,(H,28,34)/t26-/m1/s1. The largest absolute Gasteiger partial charge is 0.383 e. The van der Waals surface area contributed by atoms with E-state index in [4.69, 9.17) is 4.74 Å². The second kappa shape index (κ2) is 11.4. The van der Waals surface area contributed by atoms with Gasteiger partial charge in [-0.1, -0.05) is 72.8 Å². The Balaban J connectivity index is 1.79. The maximum absolute atomic E-state index is 14.0. The molecular formula is C27H29N5O3. The Kier molecular flexibility index (Phi) is 7.84. The number of nitrogens with zero attached hydrogens (tertiary/aromatic N) is 4. The van der Waals surface area contributed by atoms with Crippen molar-refractivity contribution in [3.63, 3.8) is 0 Å². The number of amides is 2. The number of fused-ring (bicyclic) bond motifs is 1. The molecule has 0 aliphatic carbocycles. The maximum atomic E-state index is 14.0. The van der Waals surface area contributed by atoms with Crippen LogP contribution in [-0.2, 0) is 27.3 Å². The van der Waals surface area contributed by atoms with Crippen molar-refractivity contribution in [1.82, 2.24) is 20.3 Å². The number of aryl methyl sites for hydroxylation is 1. The number of anilines is 1. The van der Waals surface area contributed by atoms with E-state index in [0.717, 1.165) is 11.1 Å². The van der Waals surface area contributed by atoms with Gasteiger partial charge in [0.15, 0.2) is 0 Å². The van der Waals surface area contributed by atoms with E-state index in [9.17, 15) is 9.59 Å². The Morgan fingerprint density at radius 1 is 1.00 bits per heavy atom. The lowest BCUT2D eigenvalue weighted by Gasteiger charge is -2.33. The molecule has 0 fully saturated rings. The fourth-order valence-electron chi connectivity index (χ4n) is 4.13. The molecule has 0 aliphatic rings. The van der Waals surface area contributed by atoms with Crippen LogP contribution in [0.1, 0.15) is 24.1 Å². The highest BCUT2D eigenvalue weighted by Crippen LogP contribution is 2.31. The fraction of sp³-hybridized carbons (Fsp3) is 0.259. The summed E-state index contributed by atoms with van der Waals surface area (Å²) in [5.74, 6) is -0.548. The first kappa shape index (κ1) is 24.1. The van der Waals surface area contributed by atoms with Gasteiger partial charge in [0.1, 0.15) is 18.1 Å². The van der Waals surface area contributed by atoms with Crippen LogP contribution in [0.3, 0.4) is 0 Å². The molecule has 0 spiro atoms. The fourth-order valence-corrected chi connectivity index (χ4v) is 4.13. The van der Waals surface area contributed by atoms with Gasteiger partial charge in [0.05, 0.1) is 12.1 Å². The van der Waals surface area contributed by atoms with E-state index in [1.54, 1.807) is 16.7 Å². The molecule has 1 aromatic heterocycles. The summed E-state index contributed by atoms with van der Waals surface area (Å²) in [5, 5.41) is 11.3. The summed E-state index contributed by atoms with van der Waals surface area (Å²) in [4.78, 5) is 29.2. The Morgan fingerprint density at radius 2 is 1.71 bits per heavy atom. The molecule has 0 unspecified atom stereocenters. The summed E-state index contributed by atoms with van der Waals surface area (Å²) in [7, 11) is 1.58. The molecule has 0 aliphatic heterocycles. The number of carbonyl (C=O) groups is 2. The number of ether oxygens (including phenoxy) is 1. The molecule has 180 valence electrons. The lowest BCUT2D eigenvalue weighted by Crippen LogP contribution is -2.46. The molecule has 3 aromatic carbocycles. The molecule has 0 saturated heterocycles. The van der Waals surface area contributed by atoms with Crippen LogP contribution in [0.4, 0.5) is 5.69 Å². The number of para-hydroxylation sites is 2. The molecular weight excluding hydrogens is 442 g/mol. The first-order valence-electron chi connectivity index (χ1n) is 11.6. The van der Waals surface area contributed by atoms with Gasteiger partial charge in [0.25, 0.3) is 0 Å². The first-order valence-corrected chi connectivity index (χ1v) is 11.6. The van der Waals surface area contributed by atoms with E-state index in [1.807, 2.05) is 85.8 Å². The number of rotatable bonds is 10. The Hall–Kier alpha value is -4.04. The van der Waals surface area contributed by atoms with Gasteiger partial charge in [-0.15, -0.1) is 5.10 Å². The normalized spacial score (nSPS) is 11.8. The van der Waals surface area contributed by atoms with E-state index in [-0.39, 0.29) is 18.4 Å². The van der Waals surface area contributed by atoms with Gasteiger partial charge in [-0.05, 0) is 35.7 Å². The molecule has 35 heavy (non-hydrogen) atoms. The van der Waals surface area contributed by atoms with E-state index in [2.05, 4.69) is 15.6 Å². The first-order chi connectivity index (χ1) is 17.1. The Labute approximate surface area is 204 Å². The minimum Gasteiger partial charge on any atom is -0.383 e. The lowest BCUT2D eigenvalue weighted by molar-refractivity contribution is -0.127. The Morgan fingerprint density at radius 3 is 2.49 bits per heavy atom. The van der Waals surface area contributed by atoms with Crippen LogP contribution < -0.4 is 10.2 Å². The zero-order valence-electron chi connectivity index (χ0n) is 19.9. The highest BCUT2D eigenvalue weighted by molar-refractivity contribution is 6.02. The van der Waals surface area contributed by atoms with Crippen molar-refractivity contribution in [2.24, 2.45) is 0 Å². The highest BCUT2D eigenvalue weighted by Gasteiger charge is 2.34. The second-order valence-corrected chi connectivity index (χ2v) is 8.08. The number of nitrogens with one attached hydrogen (secondary N) is 1. The number of carbonyl (C=O) groups excluding carboxylic acids is 2. The molecule has 0 saturated carbocycles. The zero-order chi connectivity index (χ0) is 24.6.